The van der Waals surface area contributed by atoms with Gasteiger partial charge in [0.05, 0.1) is 7.11 Å². The summed E-state index contributed by atoms with van der Waals surface area (Å²) in [5.74, 6) is 0.581. The van der Waals surface area contributed by atoms with Crippen molar-refractivity contribution in [2.24, 2.45) is 0 Å². The molecule has 29 heavy (non-hydrogen) atoms. The molecule has 0 aromatic heterocycles. The zero-order valence-corrected chi connectivity index (χ0v) is 16.9. The number of thioether (sulfide) groups is 1. The number of carbonyl (C=O) groups excluding carboxylic acids is 2. The van der Waals surface area contributed by atoms with Gasteiger partial charge in [0.25, 0.3) is 0 Å². The number of nitrogens with one attached hydrogen (secondary N) is 3. The molecule has 154 valence electrons. The van der Waals surface area contributed by atoms with Crippen LogP contribution in [0.2, 0.25) is 0 Å². The van der Waals surface area contributed by atoms with Gasteiger partial charge in [0.2, 0.25) is 11.8 Å². The van der Waals surface area contributed by atoms with E-state index in [4.69, 9.17) is 4.74 Å². The summed E-state index contributed by atoms with van der Waals surface area (Å²) in [6.07, 6.45) is 0.401. The van der Waals surface area contributed by atoms with E-state index in [-0.39, 0.29) is 42.0 Å². The van der Waals surface area contributed by atoms with Crippen LogP contribution in [0.25, 0.3) is 0 Å². The van der Waals surface area contributed by atoms with Crippen LogP contribution in [0.1, 0.15) is 24.0 Å². The van der Waals surface area contributed by atoms with Crippen LogP contribution < -0.4 is 20.7 Å². The summed E-state index contributed by atoms with van der Waals surface area (Å²) in [5, 5.41) is 8.94. The molecule has 2 amide bonds. The number of ether oxygens (including phenoxy) is 1. The van der Waals surface area contributed by atoms with Crippen LogP contribution in [-0.4, -0.2) is 30.5 Å². The number of halogens is 1. The lowest BCUT2D eigenvalue weighted by Crippen LogP contribution is -2.55. The second kappa shape index (κ2) is 10.3. The van der Waals surface area contributed by atoms with Crippen molar-refractivity contribution in [1.29, 1.82) is 0 Å². The van der Waals surface area contributed by atoms with Crippen LogP contribution in [0, 0.1) is 5.82 Å². The average Bonchev–Trinajstić information content (AvgIpc) is 2.71. The molecule has 2 unspecified atom stereocenters. The maximum Gasteiger partial charge on any atom is 0.223 e. The number of para-hydroxylation sites is 1. The average molecular weight is 418 g/mol. The fourth-order valence-electron chi connectivity index (χ4n) is 3.09. The van der Waals surface area contributed by atoms with Crippen LogP contribution in [0.4, 0.5) is 4.39 Å². The third-order valence-corrected chi connectivity index (χ3v) is 5.64. The van der Waals surface area contributed by atoms with Gasteiger partial charge in [-0.2, -0.15) is 0 Å². The standard InChI is InChI=1S/C21H24FN3O3S/c1-28-18-9-5-3-6-14(18)12-23-19(26)10-16-11-20(27)25-21(24-16)29-13-15-7-2-4-8-17(15)22/h2-9,16,21,24H,10-13H2,1H3,(H,23,26)(H,25,27). The Hall–Kier alpha value is -2.58. The van der Waals surface area contributed by atoms with Crippen LogP contribution in [0.3, 0.4) is 0 Å². The summed E-state index contributed by atoms with van der Waals surface area (Å²) in [5.41, 5.74) is 1.09. The molecule has 0 saturated carbocycles. The summed E-state index contributed by atoms with van der Waals surface area (Å²) in [6.45, 7) is 0.354. The Kier molecular flexibility index (Phi) is 7.48. The van der Waals surface area contributed by atoms with E-state index in [0.29, 0.717) is 23.6 Å². The van der Waals surface area contributed by atoms with E-state index < -0.39 is 0 Å². The number of rotatable bonds is 8. The van der Waals surface area contributed by atoms with Gasteiger partial charge in [-0.15, -0.1) is 11.8 Å². The van der Waals surface area contributed by atoms with Crippen molar-refractivity contribution in [2.75, 3.05) is 7.11 Å². The van der Waals surface area contributed by atoms with Crippen molar-refractivity contribution in [3.8, 4) is 5.75 Å². The smallest absolute Gasteiger partial charge is 0.223 e. The number of carbonyl (C=O) groups is 2. The molecule has 2 atom stereocenters. The highest BCUT2D eigenvalue weighted by molar-refractivity contribution is 7.99. The molecule has 6 nitrogen and oxygen atoms in total. The molecule has 3 N–H and O–H groups in total. The van der Waals surface area contributed by atoms with Crippen LogP contribution in [-0.2, 0) is 21.9 Å². The lowest BCUT2D eigenvalue weighted by atomic mass is 10.1. The third kappa shape index (κ3) is 6.20. The molecule has 1 heterocycles. The van der Waals surface area contributed by atoms with Gasteiger partial charge in [-0.1, -0.05) is 36.4 Å². The van der Waals surface area contributed by atoms with Crippen molar-refractivity contribution < 1.29 is 18.7 Å². The topological polar surface area (TPSA) is 79.5 Å². The number of amides is 2. The maximum atomic E-state index is 13.8. The summed E-state index contributed by atoms with van der Waals surface area (Å²) in [7, 11) is 1.59. The highest BCUT2D eigenvalue weighted by Gasteiger charge is 2.27. The highest BCUT2D eigenvalue weighted by Crippen LogP contribution is 2.21. The second-order valence-corrected chi connectivity index (χ2v) is 7.80. The summed E-state index contributed by atoms with van der Waals surface area (Å²) in [4.78, 5) is 24.4. The first kappa shape index (κ1) is 21.1. The third-order valence-electron chi connectivity index (χ3n) is 4.57. The van der Waals surface area contributed by atoms with Crippen molar-refractivity contribution >= 4 is 23.6 Å². The van der Waals surface area contributed by atoms with Crippen molar-refractivity contribution in [3.63, 3.8) is 0 Å². The quantitative estimate of drug-likeness (QED) is 0.615. The first-order chi connectivity index (χ1) is 14.0. The van der Waals surface area contributed by atoms with E-state index in [9.17, 15) is 14.0 Å². The molecule has 2 aromatic carbocycles. The minimum Gasteiger partial charge on any atom is -0.496 e. The van der Waals surface area contributed by atoms with Gasteiger partial charge in [-0.3, -0.25) is 14.9 Å². The zero-order valence-electron chi connectivity index (χ0n) is 16.1. The largest absolute Gasteiger partial charge is 0.496 e. The Morgan fingerprint density at radius 1 is 1.21 bits per heavy atom. The van der Waals surface area contributed by atoms with E-state index in [1.54, 1.807) is 25.3 Å². The van der Waals surface area contributed by atoms with Gasteiger partial charge < -0.3 is 15.4 Å². The predicted molar refractivity (Wildman–Crippen MR) is 111 cm³/mol. The van der Waals surface area contributed by atoms with E-state index >= 15 is 0 Å². The molecule has 1 aliphatic rings. The van der Waals surface area contributed by atoms with E-state index in [1.807, 2.05) is 24.3 Å². The Balaban J connectivity index is 1.49. The van der Waals surface area contributed by atoms with Crippen molar-refractivity contribution in [1.82, 2.24) is 16.0 Å². The first-order valence-corrected chi connectivity index (χ1v) is 10.4. The lowest BCUT2D eigenvalue weighted by Gasteiger charge is -2.31. The van der Waals surface area contributed by atoms with E-state index in [1.165, 1.54) is 17.8 Å². The van der Waals surface area contributed by atoms with Gasteiger partial charge in [-0.25, -0.2) is 4.39 Å². The zero-order chi connectivity index (χ0) is 20.6. The molecule has 1 saturated heterocycles. The van der Waals surface area contributed by atoms with Gasteiger partial charge in [0.15, 0.2) is 0 Å². The summed E-state index contributed by atoms with van der Waals surface area (Å²) in [6, 6.07) is 13.8. The Morgan fingerprint density at radius 3 is 2.69 bits per heavy atom. The van der Waals surface area contributed by atoms with Crippen molar-refractivity contribution in [2.45, 2.75) is 36.7 Å². The first-order valence-electron chi connectivity index (χ1n) is 9.34. The Morgan fingerprint density at radius 2 is 1.93 bits per heavy atom. The van der Waals surface area contributed by atoms with Crippen LogP contribution in [0.15, 0.2) is 48.5 Å². The van der Waals surface area contributed by atoms with E-state index in [2.05, 4.69) is 16.0 Å². The van der Waals surface area contributed by atoms with Crippen LogP contribution in [0.5, 0.6) is 5.75 Å². The molecule has 1 fully saturated rings. The molecule has 3 rings (SSSR count). The number of hydrogen-bond donors (Lipinski definition) is 3. The highest BCUT2D eigenvalue weighted by atomic mass is 32.2. The minimum absolute atomic E-state index is 0.127. The van der Waals surface area contributed by atoms with Gasteiger partial charge in [0.1, 0.15) is 17.1 Å². The predicted octanol–water partition coefficient (Wildman–Crippen LogP) is 2.54. The summed E-state index contributed by atoms with van der Waals surface area (Å²) >= 11 is 1.38. The normalized spacial score (nSPS) is 18.8. The van der Waals surface area contributed by atoms with Gasteiger partial charge in [-0.05, 0) is 17.7 Å². The fourth-order valence-corrected chi connectivity index (χ4v) is 4.18. The molecule has 0 radical (unpaired) electrons. The SMILES string of the molecule is COc1ccccc1CNC(=O)CC1CC(=O)NC(SCc2ccccc2F)N1. The van der Waals surface area contributed by atoms with Crippen LogP contribution >= 0.6 is 11.8 Å². The molecule has 8 heteroatoms. The Bertz CT molecular complexity index is 865. The summed E-state index contributed by atoms with van der Waals surface area (Å²) < 4.78 is 19.0. The molecule has 1 aliphatic heterocycles. The molecule has 2 aromatic rings. The number of hydrogen-bond acceptors (Lipinski definition) is 5. The van der Waals surface area contributed by atoms with Crippen molar-refractivity contribution in [3.05, 3.63) is 65.5 Å². The minimum atomic E-state index is -0.372. The molecule has 0 aliphatic carbocycles. The van der Waals surface area contributed by atoms with Gasteiger partial charge in [0, 0.05) is 36.7 Å². The lowest BCUT2D eigenvalue weighted by molar-refractivity contribution is -0.125. The monoisotopic (exact) mass is 417 g/mol. The molecular weight excluding hydrogens is 393 g/mol. The second-order valence-electron chi connectivity index (χ2n) is 6.71. The van der Waals surface area contributed by atoms with Gasteiger partial charge >= 0.3 is 0 Å². The molecular formula is C21H24FN3O3S. The fraction of sp³-hybridized carbons (Fsp3) is 0.333. The molecule has 0 spiro atoms. The maximum absolute atomic E-state index is 13.8. The number of methoxy groups -OCH3 is 1. The van der Waals surface area contributed by atoms with E-state index in [0.717, 1.165) is 5.56 Å². The Labute approximate surface area is 173 Å². The molecule has 0 bridgehead atoms. The number of benzene rings is 2.